The lowest BCUT2D eigenvalue weighted by Gasteiger charge is -2.06. The van der Waals surface area contributed by atoms with Crippen LogP contribution in [0.4, 0.5) is 0 Å². The minimum Gasteiger partial charge on any atom is -0.490 e. The van der Waals surface area contributed by atoms with Gasteiger partial charge in [0.05, 0.1) is 0 Å². The van der Waals surface area contributed by atoms with Gasteiger partial charge in [0.15, 0.2) is 0 Å². The smallest absolute Gasteiger partial charge is 0.120 e. The van der Waals surface area contributed by atoms with Crippen molar-refractivity contribution in [1.82, 2.24) is 0 Å². The van der Waals surface area contributed by atoms with Crippen LogP contribution < -0.4 is 4.74 Å². The van der Waals surface area contributed by atoms with Gasteiger partial charge in [0, 0.05) is 0 Å². The summed E-state index contributed by atoms with van der Waals surface area (Å²) in [4.78, 5) is 0. The van der Waals surface area contributed by atoms with Gasteiger partial charge >= 0.3 is 0 Å². The molecule has 1 nitrogen and oxygen atoms in total. The van der Waals surface area contributed by atoms with E-state index >= 15 is 0 Å². The van der Waals surface area contributed by atoms with Gasteiger partial charge in [0.1, 0.15) is 12.4 Å². The Hall–Kier alpha value is -2.80. The molecule has 0 spiro atoms. The van der Waals surface area contributed by atoms with Crippen molar-refractivity contribution in [1.29, 1.82) is 0 Å². The zero-order valence-electron chi connectivity index (χ0n) is 12.4. The number of benzene rings is 3. The summed E-state index contributed by atoms with van der Waals surface area (Å²) < 4.78 is 5.80. The molecule has 0 saturated carbocycles. The third-order valence-corrected chi connectivity index (χ3v) is 3.40. The molecule has 3 rings (SSSR count). The molecule has 0 saturated heterocycles. The molecule has 0 amide bonds. The van der Waals surface area contributed by atoms with Gasteiger partial charge in [-0.1, -0.05) is 78.9 Å². The minimum absolute atomic E-state index is 0.563. The summed E-state index contributed by atoms with van der Waals surface area (Å²) in [5.41, 5.74) is 3.56. The van der Waals surface area contributed by atoms with E-state index in [-0.39, 0.29) is 0 Å². The van der Waals surface area contributed by atoms with E-state index in [1.165, 1.54) is 16.7 Å². The third kappa shape index (κ3) is 3.86. The predicted octanol–water partition coefficient (Wildman–Crippen LogP) is 5.45. The monoisotopic (exact) mass is 286 g/mol. The maximum Gasteiger partial charge on any atom is 0.120 e. The molecule has 0 radical (unpaired) electrons. The molecule has 0 N–H and O–H groups in total. The van der Waals surface area contributed by atoms with Crippen molar-refractivity contribution in [3.63, 3.8) is 0 Å². The molecule has 0 fully saturated rings. The zero-order valence-corrected chi connectivity index (χ0v) is 12.4. The largest absolute Gasteiger partial charge is 0.490 e. The Morgan fingerprint density at radius 2 is 1.36 bits per heavy atom. The molecule has 0 heterocycles. The Bertz CT molecular complexity index is 730. The van der Waals surface area contributed by atoms with Gasteiger partial charge in [-0.05, 0) is 34.9 Å². The molecule has 3 aromatic rings. The van der Waals surface area contributed by atoms with Crippen LogP contribution in [-0.4, -0.2) is 6.61 Å². The molecule has 0 aliphatic carbocycles. The van der Waals surface area contributed by atoms with Gasteiger partial charge in [-0.2, -0.15) is 0 Å². The van der Waals surface area contributed by atoms with E-state index in [4.69, 9.17) is 4.74 Å². The molecule has 1 heteroatoms. The van der Waals surface area contributed by atoms with E-state index in [0.29, 0.717) is 6.61 Å². The van der Waals surface area contributed by atoms with E-state index in [0.717, 1.165) is 5.75 Å². The van der Waals surface area contributed by atoms with Crippen LogP contribution >= 0.6 is 0 Å². The first-order valence-corrected chi connectivity index (χ1v) is 7.42. The standard InChI is InChI=1S/C21H18O/c1-3-9-18(10-4-1)11-8-16-22-21-15-7-14-20(17-21)19-12-5-2-6-13-19/h1-15,17H,16H2/b11-8+. The lowest BCUT2D eigenvalue weighted by atomic mass is 10.1. The van der Waals surface area contributed by atoms with Crippen molar-refractivity contribution >= 4 is 6.08 Å². The van der Waals surface area contributed by atoms with Crippen LogP contribution in [0, 0.1) is 0 Å². The second-order valence-corrected chi connectivity index (χ2v) is 5.02. The molecule has 0 aliphatic heterocycles. The summed E-state index contributed by atoms with van der Waals surface area (Å²) in [6.07, 6.45) is 4.10. The van der Waals surface area contributed by atoms with Crippen LogP contribution in [-0.2, 0) is 0 Å². The highest BCUT2D eigenvalue weighted by Gasteiger charge is 1.98. The van der Waals surface area contributed by atoms with Crippen molar-refractivity contribution in [2.75, 3.05) is 6.61 Å². The van der Waals surface area contributed by atoms with Crippen LogP contribution in [0.3, 0.4) is 0 Å². The summed E-state index contributed by atoms with van der Waals surface area (Å²) in [5, 5.41) is 0. The zero-order chi connectivity index (χ0) is 15.0. The lowest BCUT2D eigenvalue weighted by Crippen LogP contribution is -1.93. The topological polar surface area (TPSA) is 9.23 Å². The van der Waals surface area contributed by atoms with Gasteiger partial charge in [-0.15, -0.1) is 0 Å². The van der Waals surface area contributed by atoms with Crippen LogP contribution in [0.2, 0.25) is 0 Å². The summed E-state index contributed by atoms with van der Waals surface area (Å²) >= 11 is 0. The Balaban J connectivity index is 1.63. The number of rotatable bonds is 5. The first-order valence-electron chi connectivity index (χ1n) is 7.42. The van der Waals surface area contributed by atoms with Crippen LogP contribution in [0.15, 0.2) is 91.0 Å². The van der Waals surface area contributed by atoms with E-state index in [9.17, 15) is 0 Å². The molecular weight excluding hydrogens is 268 g/mol. The molecule has 108 valence electrons. The number of hydrogen-bond acceptors (Lipinski definition) is 1. The maximum atomic E-state index is 5.80. The van der Waals surface area contributed by atoms with Crippen LogP contribution in [0.1, 0.15) is 5.56 Å². The first kappa shape index (κ1) is 14.2. The van der Waals surface area contributed by atoms with Gasteiger partial charge in [0.2, 0.25) is 0 Å². The second-order valence-electron chi connectivity index (χ2n) is 5.02. The molecule has 0 atom stereocenters. The molecule has 0 aliphatic rings. The molecule has 0 aromatic heterocycles. The van der Waals surface area contributed by atoms with Gasteiger partial charge in [0.25, 0.3) is 0 Å². The van der Waals surface area contributed by atoms with Crippen molar-refractivity contribution in [2.24, 2.45) is 0 Å². The minimum atomic E-state index is 0.563. The fraction of sp³-hybridized carbons (Fsp3) is 0.0476. The highest BCUT2D eigenvalue weighted by atomic mass is 16.5. The predicted molar refractivity (Wildman–Crippen MR) is 92.8 cm³/mol. The second kappa shape index (κ2) is 7.28. The Morgan fingerprint density at radius 1 is 0.682 bits per heavy atom. The average molecular weight is 286 g/mol. The van der Waals surface area contributed by atoms with E-state index in [2.05, 4.69) is 42.5 Å². The van der Waals surface area contributed by atoms with Crippen molar-refractivity contribution in [2.45, 2.75) is 0 Å². The molecule has 3 aromatic carbocycles. The van der Waals surface area contributed by atoms with Crippen molar-refractivity contribution < 1.29 is 4.74 Å². The highest BCUT2D eigenvalue weighted by molar-refractivity contribution is 5.64. The normalized spacial score (nSPS) is 10.7. The first-order chi connectivity index (χ1) is 10.9. The third-order valence-electron chi connectivity index (χ3n) is 3.40. The average Bonchev–Trinajstić information content (AvgIpc) is 2.61. The Kier molecular flexibility index (Phi) is 4.68. The van der Waals surface area contributed by atoms with Gasteiger partial charge in [-0.3, -0.25) is 0 Å². The number of ether oxygens (including phenoxy) is 1. The number of hydrogen-bond donors (Lipinski definition) is 0. The molecule has 0 bridgehead atoms. The summed E-state index contributed by atoms with van der Waals surface area (Å²) in [5.74, 6) is 0.888. The fourth-order valence-corrected chi connectivity index (χ4v) is 2.29. The Morgan fingerprint density at radius 3 is 2.14 bits per heavy atom. The quantitative estimate of drug-likeness (QED) is 0.606. The van der Waals surface area contributed by atoms with E-state index in [1.54, 1.807) is 0 Å². The summed E-state index contributed by atoms with van der Waals surface area (Å²) in [6.45, 7) is 0.563. The Labute approximate surface area is 131 Å². The van der Waals surface area contributed by atoms with Gasteiger partial charge < -0.3 is 4.74 Å². The summed E-state index contributed by atoms with van der Waals surface area (Å²) in [6, 6.07) is 28.8. The molecule has 22 heavy (non-hydrogen) atoms. The van der Waals surface area contributed by atoms with Crippen molar-refractivity contribution in [3.8, 4) is 16.9 Å². The van der Waals surface area contributed by atoms with Gasteiger partial charge in [-0.25, -0.2) is 0 Å². The fourth-order valence-electron chi connectivity index (χ4n) is 2.29. The van der Waals surface area contributed by atoms with Crippen LogP contribution in [0.5, 0.6) is 5.75 Å². The van der Waals surface area contributed by atoms with E-state index in [1.807, 2.05) is 54.6 Å². The van der Waals surface area contributed by atoms with Crippen molar-refractivity contribution in [3.05, 3.63) is 96.6 Å². The summed E-state index contributed by atoms with van der Waals surface area (Å²) in [7, 11) is 0. The molecular formula is C21H18O. The van der Waals surface area contributed by atoms with E-state index < -0.39 is 0 Å². The maximum absolute atomic E-state index is 5.80. The van der Waals surface area contributed by atoms with Crippen LogP contribution in [0.25, 0.3) is 17.2 Å². The lowest BCUT2D eigenvalue weighted by molar-refractivity contribution is 0.364. The SMILES string of the molecule is C(=C\c1ccccc1)/COc1cccc(-c2ccccc2)c1. The highest BCUT2D eigenvalue weighted by Crippen LogP contribution is 2.23. The molecule has 0 unspecified atom stereocenters.